The first-order chi connectivity index (χ1) is 12.6. The van der Waals surface area contributed by atoms with Crippen molar-refractivity contribution in [3.63, 3.8) is 0 Å². The zero-order chi connectivity index (χ0) is 19.2. The first-order valence-electron chi connectivity index (χ1n) is 8.98. The molecule has 0 saturated carbocycles. The molecule has 0 spiro atoms. The maximum absolute atomic E-state index is 12.0. The van der Waals surface area contributed by atoms with Crippen molar-refractivity contribution in [1.82, 2.24) is 10.6 Å². The average Bonchev–Trinajstić information content (AvgIpc) is 2.67. The third-order valence-electron chi connectivity index (χ3n) is 3.85. The Morgan fingerprint density at radius 3 is 2.58 bits per heavy atom. The number of carbonyl (C=O) groups is 1. The lowest BCUT2D eigenvalue weighted by atomic mass is 10.1. The lowest BCUT2D eigenvalue weighted by Gasteiger charge is -2.13. The first kappa shape index (κ1) is 21.5. The number of benzene rings is 1. The highest BCUT2D eigenvalue weighted by Crippen LogP contribution is 2.17. The molecule has 1 aromatic rings. The number of unbranched alkanes of at least 4 members (excludes halogenated alkanes) is 1. The molecular weight excluding hydrogens is 330 g/mol. The van der Waals surface area contributed by atoms with Crippen molar-refractivity contribution in [2.75, 3.05) is 26.9 Å². The Labute approximate surface area is 156 Å². The molecule has 1 amide bonds. The van der Waals surface area contributed by atoms with Gasteiger partial charge < -0.3 is 20.1 Å². The molecule has 1 aromatic carbocycles. The molecule has 0 fully saturated rings. The van der Waals surface area contributed by atoms with Crippen LogP contribution in [0.2, 0.25) is 0 Å². The van der Waals surface area contributed by atoms with Gasteiger partial charge in [0.2, 0.25) is 0 Å². The SMILES string of the molecule is CCCCOCCCNC(=O)/C(C#N)=C\NC(C)c1ccc(OC)cc1. The van der Waals surface area contributed by atoms with Gasteiger partial charge >= 0.3 is 0 Å². The number of ether oxygens (including phenoxy) is 2. The molecular formula is C20H29N3O3. The number of nitrogens with zero attached hydrogens (tertiary/aromatic N) is 1. The minimum Gasteiger partial charge on any atom is -0.497 e. The van der Waals surface area contributed by atoms with Crippen LogP contribution in [0.25, 0.3) is 0 Å². The van der Waals surface area contributed by atoms with Crippen LogP contribution >= 0.6 is 0 Å². The predicted octanol–water partition coefficient (Wildman–Crippen LogP) is 3.08. The molecule has 6 nitrogen and oxygen atoms in total. The summed E-state index contributed by atoms with van der Waals surface area (Å²) in [5.41, 5.74) is 1.08. The van der Waals surface area contributed by atoms with Gasteiger partial charge in [-0.15, -0.1) is 0 Å². The van der Waals surface area contributed by atoms with Crippen LogP contribution in [0, 0.1) is 11.3 Å². The second kappa shape index (κ2) is 12.8. The summed E-state index contributed by atoms with van der Waals surface area (Å²) in [5, 5.41) is 15.0. The number of amides is 1. The Bertz CT molecular complexity index is 606. The highest BCUT2D eigenvalue weighted by atomic mass is 16.5. The Hall–Kier alpha value is -2.52. The topological polar surface area (TPSA) is 83.4 Å². The van der Waals surface area contributed by atoms with Crippen LogP contribution in [-0.4, -0.2) is 32.8 Å². The molecule has 0 aliphatic heterocycles. The predicted molar refractivity (Wildman–Crippen MR) is 102 cm³/mol. The van der Waals surface area contributed by atoms with Crippen LogP contribution in [0.15, 0.2) is 36.0 Å². The molecule has 0 radical (unpaired) electrons. The van der Waals surface area contributed by atoms with Gasteiger partial charge in [0, 0.05) is 32.0 Å². The molecule has 0 aromatic heterocycles. The summed E-state index contributed by atoms with van der Waals surface area (Å²) >= 11 is 0. The van der Waals surface area contributed by atoms with Crippen LogP contribution in [0.4, 0.5) is 0 Å². The molecule has 1 rings (SSSR count). The van der Waals surface area contributed by atoms with Crippen molar-refractivity contribution in [3.8, 4) is 11.8 Å². The molecule has 0 saturated heterocycles. The van der Waals surface area contributed by atoms with Gasteiger partial charge in [0.25, 0.3) is 5.91 Å². The van der Waals surface area contributed by atoms with E-state index < -0.39 is 0 Å². The van der Waals surface area contributed by atoms with E-state index >= 15 is 0 Å². The molecule has 6 heteroatoms. The molecule has 0 heterocycles. The zero-order valence-electron chi connectivity index (χ0n) is 15.9. The highest BCUT2D eigenvalue weighted by Gasteiger charge is 2.09. The maximum atomic E-state index is 12.0. The van der Waals surface area contributed by atoms with E-state index in [1.165, 1.54) is 6.20 Å². The van der Waals surface area contributed by atoms with Crippen molar-refractivity contribution in [2.45, 2.75) is 39.2 Å². The van der Waals surface area contributed by atoms with Crippen molar-refractivity contribution in [2.24, 2.45) is 0 Å². The molecule has 0 bridgehead atoms. The van der Waals surface area contributed by atoms with Crippen LogP contribution in [-0.2, 0) is 9.53 Å². The van der Waals surface area contributed by atoms with E-state index in [0.29, 0.717) is 13.2 Å². The molecule has 0 aliphatic rings. The summed E-state index contributed by atoms with van der Waals surface area (Å²) in [6.45, 7) is 5.92. The molecule has 26 heavy (non-hydrogen) atoms. The van der Waals surface area contributed by atoms with Gasteiger partial charge in [-0.2, -0.15) is 5.26 Å². The van der Waals surface area contributed by atoms with Gasteiger partial charge in [-0.25, -0.2) is 0 Å². The van der Waals surface area contributed by atoms with Gasteiger partial charge in [0.1, 0.15) is 17.4 Å². The minimum atomic E-state index is -0.379. The van der Waals surface area contributed by atoms with Gasteiger partial charge in [-0.1, -0.05) is 25.5 Å². The van der Waals surface area contributed by atoms with Gasteiger partial charge in [0.05, 0.1) is 7.11 Å². The summed E-state index contributed by atoms with van der Waals surface area (Å²) < 4.78 is 10.6. The molecule has 1 atom stereocenters. The van der Waals surface area contributed by atoms with Crippen molar-refractivity contribution < 1.29 is 14.3 Å². The Kier molecular flexibility index (Phi) is 10.6. The molecule has 2 N–H and O–H groups in total. The molecule has 1 unspecified atom stereocenters. The third kappa shape index (κ3) is 8.04. The van der Waals surface area contributed by atoms with E-state index in [1.54, 1.807) is 7.11 Å². The van der Waals surface area contributed by atoms with Gasteiger partial charge in [-0.05, 0) is 37.5 Å². The fourth-order valence-corrected chi connectivity index (χ4v) is 2.17. The maximum Gasteiger partial charge on any atom is 0.263 e. The quantitative estimate of drug-likeness (QED) is 0.340. The van der Waals surface area contributed by atoms with Crippen LogP contribution in [0.1, 0.15) is 44.7 Å². The lowest BCUT2D eigenvalue weighted by Crippen LogP contribution is -2.27. The fraction of sp³-hybridized carbons (Fsp3) is 0.500. The molecule has 142 valence electrons. The number of hydrogen-bond acceptors (Lipinski definition) is 5. The number of methoxy groups -OCH3 is 1. The fourth-order valence-electron chi connectivity index (χ4n) is 2.17. The zero-order valence-corrected chi connectivity index (χ0v) is 15.9. The van der Waals surface area contributed by atoms with E-state index in [-0.39, 0.29) is 17.5 Å². The van der Waals surface area contributed by atoms with E-state index in [0.717, 1.165) is 37.2 Å². The van der Waals surface area contributed by atoms with Crippen molar-refractivity contribution in [1.29, 1.82) is 5.26 Å². The van der Waals surface area contributed by atoms with Crippen LogP contribution < -0.4 is 15.4 Å². The summed E-state index contributed by atoms with van der Waals surface area (Å²) in [5.74, 6) is 0.405. The summed E-state index contributed by atoms with van der Waals surface area (Å²) in [6.07, 6.45) is 4.34. The number of rotatable bonds is 12. The first-order valence-corrected chi connectivity index (χ1v) is 8.98. The largest absolute Gasteiger partial charge is 0.497 e. The van der Waals surface area contributed by atoms with E-state index in [4.69, 9.17) is 9.47 Å². The van der Waals surface area contributed by atoms with Gasteiger partial charge in [0.15, 0.2) is 0 Å². The summed E-state index contributed by atoms with van der Waals surface area (Å²) in [6, 6.07) is 9.52. The summed E-state index contributed by atoms with van der Waals surface area (Å²) in [7, 11) is 1.62. The van der Waals surface area contributed by atoms with E-state index in [9.17, 15) is 10.1 Å². The standard InChI is InChI=1S/C20H29N3O3/c1-4-5-12-26-13-6-11-22-20(24)18(14-21)15-23-16(2)17-7-9-19(25-3)10-8-17/h7-10,15-16,23H,4-6,11-13H2,1-3H3,(H,22,24)/b18-15-. The van der Waals surface area contributed by atoms with Crippen LogP contribution in [0.3, 0.4) is 0 Å². The highest BCUT2D eigenvalue weighted by molar-refractivity contribution is 5.97. The Morgan fingerprint density at radius 2 is 1.96 bits per heavy atom. The normalized spacial score (nSPS) is 12.2. The smallest absolute Gasteiger partial charge is 0.263 e. The monoisotopic (exact) mass is 359 g/mol. The van der Waals surface area contributed by atoms with E-state index in [1.807, 2.05) is 37.3 Å². The van der Waals surface area contributed by atoms with Crippen LogP contribution in [0.5, 0.6) is 5.75 Å². The minimum absolute atomic E-state index is 0.0379. The second-order valence-corrected chi connectivity index (χ2v) is 5.91. The van der Waals surface area contributed by atoms with Gasteiger partial charge in [-0.3, -0.25) is 4.79 Å². The van der Waals surface area contributed by atoms with Crippen molar-refractivity contribution in [3.05, 3.63) is 41.6 Å². The molecule has 0 aliphatic carbocycles. The number of nitriles is 1. The summed E-state index contributed by atoms with van der Waals surface area (Å²) in [4.78, 5) is 12.0. The lowest BCUT2D eigenvalue weighted by molar-refractivity contribution is -0.117. The second-order valence-electron chi connectivity index (χ2n) is 5.91. The Balaban J connectivity index is 2.40. The average molecular weight is 359 g/mol. The van der Waals surface area contributed by atoms with E-state index in [2.05, 4.69) is 17.6 Å². The van der Waals surface area contributed by atoms with Crippen molar-refractivity contribution >= 4 is 5.91 Å². The Morgan fingerprint density at radius 1 is 1.27 bits per heavy atom. The number of nitrogens with one attached hydrogen (secondary N) is 2. The number of carbonyl (C=O) groups excluding carboxylic acids is 1. The number of hydrogen-bond donors (Lipinski definition) is 2. The third-order valence-corrected chi connectivity index (χ3v) is 3.85.